The number of rotatable bonds is 10. The van der Waals surface area contributed by atoms with Crippen LogP contribution in [0.3, 0.4) is 0 Å². The second kappa shape index (κ2) is 17.3. The number of carbonyl (C=O) groups excluding carboxylic acids is 2. The molecule has 1 amide bonds. The fraction of sp³-hybridized carbons (Fsp3) is 0.429. The van der Waals surface area contributed by atoms with E-state index in [0.717, 1.165) is 43.0 Å². The number of alkyl halides is 1. The number of amides is 1. The summed E-state index contributed by atoms with van der Waals surface area (Å²) in [4.78, 5) is 30.0. The normalized spacial score (nSPS) is 16.2. The van der Waals surface area contributed by atoms with Crippen molar-refractivity contribution in [2.45, 2.75) is 57.4 Å². The van der Waals surface area contributed by atoms with Gasteiger partial charge in [-0.1, -0.05) is 29.8 Å². The number of hydrogen-bond donors (Lipinski definition) is 0. The van der Waals surface area contributed by atoms with Gasteiger partial charge in [-0.15, -0.1) is 11.6 Å². The minimum Gasteiger partial charge on any atom is -0.380 e. The first-order valence-electron chi connectivity index (χ1n) is 15.6. The summed E-state index contributed by atoms with van der Waals surface area (Å²) in [5.41, 5.74) is 4.96. The Bertz CT molecular complexity index is 1390. The van der Waals surface area contributed by atoms with Crippen molar-refractivity contribution >= 4 is 46.0 Å². The van der Waals surface area contributed by atoms with Gasteiger partial charge in [-0.25, -0.2) is 0 Å². The first kappa shape index (κ1) is 34.5. The number of Topliss-reactive ketones (excluding diaryl/α,β-unsaturated/α-hetero) is 1. The van der Waals surface area contributed by atoms with Crippen molar-refractivity contribution in [3.63, 3.8) is 0 Å². The van der Waals surface area contributed by atoms with Crippen LogP contribution < -0.4 is 14.0 Å². The van der Waals surface area contributed by atoms with Crippen LogP contribution in [-0.2, 0) is 26.9 Å². The zero-order valence-electron chi connectivity index (χ0n) is 26.5. The third kappa shape index (κ3) is 10.6. The monoisotopic (exact) mass is 653 g/mol. The predicted molar refractivity (Wildman–Crippen MR) is 182 cm³/mol. The number of piperidine rings is 2. The Labute approximate surface area is 275 Å². The number of halogens is 1. The molecule has 0 N–H and O–H groups in total. The molecular formula is C35H44ClN3O5S. The zero-order valence-corrected chi connectivity index (χ0v) is 28.0. The molecule has 2 saturated heterocycles. The summed E-state index contributed by atoms with van der Waals surface area (Å²) in [5, 5.41) is -1.15. The lowest BCUT2D eigenvalue weighted by Crippen LogP contribution is -2.35. The molecule has 2 atom stereocenters. The van der Waals surface area contributed by atoms with Gasteiger partial charge in [0.1, 0.15) is 5.75 Å². The van der Waals surface area contributed by atoms with Gasteiger partial charge in [-0.2, -0.15) is 4.21 Å². The smallest absolute Gasteiger partial charge is 0.360 e. The Morgan fingerprint density at radius 1 is 0.778 bits per heavy atom. The van der Waals surface area contributed by atoms with E-state index in [-0.39, 0.29) is 18.3 Å². The van der Waals surface area contributed by atoms with Gasteiger partial charge in [0.25, 0.3) is 0 Å². The molecule has 2 unspecified atom stereocenters. The molecule has 0 aliphatic carbocycles. The minimum absolute atomic E-state index is 0.263. The topological polar surface area (TPSA) is 79.4 Å². The quantitative estimate of drug-likeness (QED) is 0.137. The first-order valence-corrected chi connectivity index (χ1v) is 17.0. The third-order valence-corrected chi connectivity index (χ3v) is 8.95. The molecule has 0 aromatic heterocycles. The standard InChI is InChI=1S/C19H23NO3S.C16H21ClN2O2/c1-16-5-11-19(12-6-16)23-24(21)22-15-17-7-9-18(10-8-17)20-13-3-2-4-14-20;1-18(2)16(21)14(17)15(20)12-6-8-13(9-7-12)19-10-4-3-5-11-19/h5-12H,2-4,13-15H2,1H3;6-9,14H,3-5,10-11H2,1-2H3. The summed E-state index contributed by atoms with van der Waals surface area (Å²) in [6.45, 7) is 6.63. The lowest BCUT2D eigenvalue weighted by atomic mass is 10.1. The molecule has 3 aromatic carbocycles. The summed E-state index contributed by atoms with van der Waals surface area (Å²) < 4.78 is 22.4. The van der Waals surface area contributed by atoms with Gasteiger partial charge in [0.05, 0.1) is 6.61 Å². The van der Waals surface area contributed by atoms with Crippen molar-refractivity contribution < 1.29 is 22.2 Å². The lowest BCUT2D eigenvalue weighted by molar-refractivity contribution is -0.127. The summed E-state index contributed by atoms with van der Waals surface area (Å²) in [6, 6.07) is 23.0. The maximum absolute atomic E-state index is 12.2. The van der Waals surface area contributed by atoms with Gasteiger partial charge in [0.2, 0.25) is 5.91 Å². The number of carbonyl (C=O) groups is 2. The number of ketones is 1. The van der Waals surface area contributed by atoms with Crippen LogP contribution in [-0.4, -0.2) is 66.5 Å². The Morgan fingerprint density at radius 3 is 1.76 bits per heavy atom. The van der Waals surface area contributed by atoms with Gasteiger partial charge >= 0.3 is 11.4 Å². The highest BCUT2D eigenvalue weighted by Gasteiger charge is 2.26. The van der Waals surface area contributed by atoms with Crippen LogP contribution >= 0.6 is 11.6 Å². The summed E-state index contributed by atoms with van der Waals surface area (Å²) in [6.07, 6.45) is 7.56. The Kier molecular flexibility index (Phi) is 13.3. The predicted octanol–water partition coefficient (Wildman–Crippen LogP) is 6.71. The van der Waals surface area contributed by atoms with E-state index < -0.39 is 16.7 Å². The van der Waals surface area contributed by atoms with E-state index in [9.17, 15) is 13.8 Å². The molecular weight excluding hydrogens is 610 g/mol. The lowest BCUT2D eigenvalue weighted by Gasteiger charge is -2.28. The van der Waals surface area contributed by atoms with Crippen LogP contribution in [0.25, 0.3) is 0 Å². The molecule has 5 rings (SSSR count). The van der Waals surface area contributed by atoms with Crippen LogP contribution in [0, 0.1) is 6.92 Å². The van der Waals surface area contributed by atoms with Crippen molar-refractivity contribution in [3.8, 4) is 5.75 Å². The molecule has 0 radical (unpaired) electrons. The van der Waals surface area contributed by atoms with Crippen molar-refractivity contribution in [2.24, 2.45) is 0 Å². The number of benzene rings is 3. The summed E-state index contributed by atoms with van der Waals surface area (Å²) in [5.74, 6) is -0.193. The molecule has 10 heteroatoms. The molecule has 0 bridgehead atoms. The molecule has 0 saturated carbocycles. The van der Waals surface area contributed by atoms with Crippen molar-refractivity contribution in [2.75, 3.05) is 50.1 Å². The highest BCUT2D eigenvalue weighted by atomic mass is 35.5. The molecule has 3 aromatic rings. The maximum atomic E-state index is 12.2. The van der Waals surface area contributed by atoms with E-state index in [1.807, 2.05) is 43.3 Å². The number of aryl methyl sites for hydroxylation is 1. The van der Waals surface area contributed by atoms with Gasteiger partial charge in [0, 0.05) is 57.2 Å². The van der Waals surface area contributed by atoms with Crippen LogP contribution in [0.5, 0.6) is 5.75 Å². The van der Waals surface area contributed by atoms with Crippen molar-refractivity contribution in [1.29, 1.82) is 0 Å². The van der Waals surface area contributed by atoms with E-state index in [1.165, 1.54) is 49.1 Å². The highest BCUT2D eigenvalue weighted by Crippen LogP contribution is 2.22. The maximum Gasteiger partial charge on any atom is 0.360 e. The fourth-order valence-corrected chi connectivity index (χ4v) is 6.11. The Morgan fingerprint density at radius 2 is 1.27 bits per heavy atom. The van der Waals surface area contributed by atoms with Crippen LogP contribution in [0.1, 0.15) is 60.0 Å². The van der Waals surface area contributed by atoms with E-state index >= 15 is 0 Å². The van der Waals surface area contributed by atoms with E-state index in [2.05, 4.69) is 21.9 Å². The first-order chi connectivity index (χ1) is 21.7. The van der Waals surface area contributed by atoms with Crippen LogP contribution in [0.2, 0.25) is 0 Å². The molecule has 2 aliphatic heterocycles. The molecule has 8 nitrogen and oxygen atoms in total. The largest absolute Gasteiger partial charge is 0.380 e. The zero-order chi connectivity index (χ0) is 32.2. The van der Waals surface area contributed by atoms with E-state index in [4.69, 9.17) is 20.0 Å². The van der Waals surface area contributed by atoms with Gasteiger partial charge in [0.15, 0.2) is 11.2 Å². The molecule has 2 fully saturated rings. The number of hydrogen-bond acceptors (Lipinski definition) is 7. The van der Waals surface area contributed by atoms with Gasteiger partial charge in [-0.05, 0) is 99.5 Å². The van der Waals surface area contributed by atoms with E-state index in [1.54, 1.807) is 38.4 Å². The number of nitrogens with zero attached hydrogens (tertiary/aromatic N) is 3. The average molecular weight is 654 g/mol. The average Bonchev–Trinajstić information content (AvgIpc) is 3.08. The minimum atomic E-state index is -1.80. The molecule has 45 heavy (non-hydrogen) atoms. The molecule has 242 valence electrons. The van der Waals surface area contributed by atoms with Gasteiger partial charge < -0.3 is 18.9 Å². The van der Waals surface area contributed by atoms with Crippen molar-refractivity contribution in [1.82, 2.24) is 4.90 Å². The van der Waals surface area contributed by atoms with Crippen molar-refractivity contribution in [3.05, 3.63) is 89.5 Å². The fourth-order valence-electron chi connectivity index (χ4n) is 5.24. The van der Waals surface area contributed by atoms with Gasteiger partial charge in [-0.3, -0.25) is 13.8 Å². The third-order valence-electron chi connectivity index (χ3n) is 7.93. The SMILES string of the molecule is CN(C)C(=O)C(Cl)C(=O)c1ccc(N2CCCCC2)cc1.Cc1ccc(OS(=O)OCc2ccc(N3CCCCC3)cc2)cc1. The molecule has 2 heterocycles. The summed E-state index contributed by atoms with van der Waals surface area (Å²) >= 11 is 4.15. The second-order valence-electron chi connectivity index (χ2n) is 11.6. The van der Waals surface area contributed by atoms with Crippen LogP contribution in [0.4, 0.5) is 11.4 Å². The van der Waals surface area contributed by atoms with Crippen LogP contribution in [0.15, 0.2) is 72.8 Å². The Balaban J connectivity index is 0.000000207. The number of anilines is 2. The molecule has 0 spiro atoms. The Hall–Kier alpha value is -3.40. The summed E-state index contributed by atoms with van der Waals surface area (Å²) in [7, 11) is 3.18. The van der Waals surface area contributed by atoms with E-state index in [0.29, 0.717) is 11.3 Å². The second-order valence-corrected chi connectivity index (χ2v) is 12.9. The molecule has 2 aliphatic rings. The highest BCUT2D eigenvalue weighted by molar-refractivity contribution is 7.75.